The van der Waals surface area contributed by atoms with Crippen molar-refractivity contribution < 1.29 is 11.0 Å². The third-order valence-corrected chi connectivity index (χ3v) is 11.4. The Labute approximate surface area is 368 Å². The molecule has 11 aromatic carbocycles. The molecule has 0 aliphatic rings. The van der Waals surface area contributed by atoms with E-state index < -0.39 is 24.2 Å². The maximum absolute atomic E-state index is 9.82. The molecule has 0 bridgehead atoms. The number of nitrogens with zero attached hydrogens (tertiary/aromatic N) is 1. The topological polar surface area (TPSA) is 3.24 Å². The van der Waals surface area contributed by atoms with Crippen LogP contribution in [0.1, 0.15) is 11.0 Å². The van der Waals surface area contributed by atoms with Crippen LogP contribution < -0.4 is 4.90 Å². The lowest BCUT2D eigenvalue weighted by atomic mass is 9.90. The Balaban J connectivity index is 1.14. The van der Waals surface area contributed by atoms with Crippen LogP contribution in [-0.2, 0) is 0 Å². The molecule has 0 fully saturated rings. The minimum absolute atomic E-state index is 0.102. The van der Waals surface area contributed by atoms with E-state index in [-0.39, 0.29) is 46.7 Å². The molecular weight excluding hydrogens is 735 g/mol. The Morgan fingerprint density at radius 2 is 0.787 bits per heavy atom. The van der Waals surface area contributed by atoms with Crippen LogP contribution in [0.25, 0.3) is 88.0 Å². The average molecular weight is 784 g/mol. The molecule has 0 radical (unpaired) electrons. The van der Waals surface area contributed by atoms with Gasteiger partial charge in [0.05, 0.1) is 11.0 Å². The van der Waals surface area contributed by atoms with Crippen molar-refractivity contribution in [3.05, 3.63) is 249 Å². The summed E-state index contributed by atoms with van der Waals surface area (Å²) in [5.74, 6) is 0. The van der Waals surface area contributed by atoms with Crippen LogP contribution in [0.2, 0.25) is 0 Å². The van der Waals surface area contributed by atoms with Crippen LogP contribution >= 0.6 is 0 Å². The van der Waals surface area contributed by atoms with Crippen molar-refractivity contribution in [1.82, 2.24) is 0 Å². The largest absolute Gasteiger partial charge is 0.311 e. The van der Waals surface area contributed by atoms with Crippen LogP contribution in [0.5, 0.6) is 0 Å². The zero-order chi connectivity index (χ0) is 47.5. The van der Waals surface area contributed by atoms with Crippen LogP contribution in [-0.4, -0.2) is 0 Å². The van der Waals surface area contributed by atoms with Gasteiger partial charge < -0.3 is 4.90 Å². The fourth-order valence-electron chi connectivity index (χ4n) is 8.45. The Bertz CT molecular complexity index is 3760. The first kappa shape index (κ1) is 28.4. The monoisotopic (exact) mass is 783 g/mol. The minimum atomic E-state index is -0.403. The number of benzene rings is 11. The predicted octanol–water partition coefficient (Wildman–Crippen LogP) is 17.0. The maximum Gasteiger partial charge on any atom is 0.0645 e. The highest BCUT2D eigenvalue weighted by Gasteiger charge is 2.17. The molecule has 1 heteroatoms. The molecule has 61 heavy (non-hydrogen) atoms. The summed E-state index contributed by atoms with van der Waals surface area (Å²) in [5.41, 5.74) is 6.38. The van der Waals surface area contributed by atoms with E-state index in [0.717, 1.165) is 65.7 Å². The summed E-state index contributed by atoms with van der Waals surface area (Å²) in [6, 6.07) is 61.6. The van der Waals surface area contributed by atoms with E-state index in [1.165, 1.54) is 4.90 Å². The minimum Gasteiger partial charge on any atom is -0.311 e. The lowest BCUT2D eigenvalue weighted by Gasteiger charge is -2.26. The van der Waals surface area contributed by atoms with Crippen LogP contribution in [0.3, 0.4) is 0 Å². The molecule has 286 valence electrons. The van der Waals surface area contributed by atoms with Crippen LogP contribution in [0.15, 0.2) is 249 Å². The SMILES string of the molecule is [2H]c1c([2H])c(N(c2ccc(-c3cc4ccccc4c4ccccc34)cc2)c2c([2H])c([2H])c(-c3ccc4ccccc4c3-c3ccccc3)c([2H])c2[2H])c([2H])c([2H])c1-c1cccc(-c2ccccc2)c1. The van der Waals surface area contributed by atoms with Gasteiger partial charge >= 0.3 is 0 Å². The molecule has 1 nitrogen and oxygen atoms in total. The zero-order valence-electron chi connectivity index (χ0n) is 41.0. The summed E-state index contributed by atoms with van der Waals surface area (Å²) in [5, 5.41) is 6.19. The molecule has 0 unspecified atom stereocenters. The zero-order valence-corrected chi connectivity index (χ0v) is 33.0. The number of rotatable bonds is 8. The highest BCUT2D eigenvalue weighted by molar-refractivity contribution is 6.14. The second-order valence-corrected chi connectivity index (χ2v) is 15.0. The molecule has 0 aliphatic carbocycles. The third kappa shape index (κ3) is 6.83. The van der Waals surface area contributed by atoms with Crippen molar-refractivity contribution in [3.8, 4) is 55.6 Å². The highest BCUT2D eigenvalue weighted by atomic mass is 15.1. The van der Waals surface area contributed by atoms with Gasteiger partial charge in [-0.3, -0.25) is 0 Å². The predicted molar refractivity (Wildman–Crippen MR) is 261 cm³/mol. The van der Waals surface area contributed by atoms with Crippen molar-refractivity contribution in [2.45, 2.75) is 0 Å². The first-order chi connectivity index (χ1) is 33.6. The molecule has 0 amide bonds. The Morgan fingerprint density at radius 1 is 0.262 bits per heavy atom. The number of hydrogen-bond donors (Lipinski definition) is 0. The summed E-state index contributed by atoms with van der Waals surface area (Å²) in [4.78, 5) is 1.37. The van der Waals surface area contributed by atoms with Gasteiger partial charge in [0, 0.05) is 17.1 Å². The normalized spacial score (nSPS) is 13.1. The molecule has 11 aromatic rings. The van der Waals surface area contributed by atoms with Gasteiger partial charge in [-0.15, -0.1) is 0 Å². The summed E-state index contributed by atoms with van der Waals surface area (Å²) >= 11 is 0. The maximum atomic E-state index is 9.82. The van der Waals surface area contributed by atoms with Crippen molar-refractivity contribution in [3.63, 3.8) is 0 Å². The lowest BCUT2D eigenvalue weighted by Crippen LogP contribution is -2.09. The highest BCUT2D eigenvalue weighted by Crippen LogP contribution is 2.42. The lowest BCUT2D eigenvalue weighted by molar-refractivity contribution is 1.28. The van der Waals surface area contributed by atoms with Gasteiger partial charge in [-0.05, 0) is 136 Å². The first-order valence-electron chi connectivity index (χ1n) is 24.4. The van der Waals surface area contributed by atoms with E-state index in [1.54, 1.807) is 18.2 Å². The molecule has 0 N–H and O–H groups in total. The quantitative estimate of drug-likeness (QED) is 0.139. The molecule has 11 rings (SSSR count). The van der Waals surface area contributed by atoms with Gasteiger partial charge in [-0.2, -0.15) is 0 Å². The molecule has 0 atom stereocenters. The smallest absolute Gasteiger partial charge is 0.0645 e. The standard InChI is InChI=1S/C60H41N/c1-3-14-42(15-4-1)48-20-13-21-49(40-48)43-26-33-51(34-27-43)61(53-37-30-46(31-38-53)59-41-50-19-8-9-22-54(50)57-24-11-12-25-58(57)59)52-35-28-45(29-36-52)56-39-32-44-16-7-10-23-55(44)60(56)47-17-5-2-6-18-47/h1-41H/i26D,27D,28D,29D,33D,34D,35D,36D. The van der Waals surface area contributed by atoms with Gasteiger partial charge in [0.1, 0.15) is 0 Å². The Morgan fingerprint density at radius 3 is 1.48 bits per heavy atom. The number of fused-ring (bicyclic) bond motifs is 4. The van der Waals surface area contributed by atoms with E-state index in [1.807, 2.05) is 152 Å². The molecule has 0 saturated carbocycles. The van der Waals surface area contributed by atoms with E-state index in [9.17, 15) is 11.0 Å². The van der Waals surface area contributed by atoms with E-state index in [2.05, 4.69) is 30.3 Å². The van der Waals surface area contributed by atoms with Crippen molar-refractivity contribution in [1.29, 1.82) is 0 Å². The Hall–Kier alpha value is -8.00. The molecular formula is C60H41N. The molecule has 0 saturated heterocycles. The summed E-state index contributed by atoms with van der Waals surface area (Å²) in [6.45, 7) is 0. The summed E-state index contributed by atoms with van der Waals surface area (Å²) in [7, 11) is 0. The molecule has 0 heterocycles. The fourth-order valence-corrected chi connectivity index (χ4v) is 8.45. The van der Waals surface area contributed by atoms with E-state index in [4.69, 9.17) is 0 Å². The second kappa shape index (κ2) is 15.6. The van der Waals surface area contributed by atoms with Gasteiger partial charge in [0.2, 0.25) is 0 Å². The number of anilines is 3. The Kier molecular flexibility index (Phi) is 7.29. The molecule has 0 aliphatic heterocycles. The van der Waals surface area contributed by atoms with Crippen LogP contribution in [0, 0.1) is 0 Å². The van der Waals surface area contributed by atoms with E-state index in [0.29, 0.717) is 16.8 Å². The van der Waals surface area contributed by atoms with Gasteiger partial charge in [-0.25, -0.2) is 0 Å². The second-order valence-electron chi connectivity index (χ2n) is 15.0. The van der Waals surface area contributed by atoms with Crippen molar-refractivity contribution >= 4 is 49.4 Å². The molecule has 0 spiro atoms. The average Bonchev–Trinajstić information content (AvgIpc) is 3.40. The third-order valence-electron chi connectivity index (χ3n) is 11.4. The first-order valence-corrected chi connectivity index (χ1v) is 20.4. The van der Waals surface area contributed by atoms with Gasteiger partial charge in [-0.1, -0.05) is 200 Å². The van der Waals surface area contributed by atoms with Gasteiger partial charge in [0.25, 0.3) is 0 Å². The van der Waals surface area contributed by atoms with Crippen LogP contribution in [0.4, 0.5) is 17.1 Å². The van der Waals surface area contributed by atoms with Crippen molar-refractivity contribution in [2.75, 3.05) is 4.90 Å². The van der Waals surface area contributed by atoms with E-state index >= 15 is 0 Å². The van der Waals surface area contributed by atoms with Crippen molar-refractivity contribution in [2.24, 2.45) is 0 Å². The number of hydrogen-bond acceptors (Lipinski definition) is 1. The summed E-state index contributed by atoms with van der Waals surface area (Å²) < 4.78 is 77.5. The molecule has 0 aromatic heterocycles. The van der Waals surface area contributed by atoms with Gasteiger partial charge in [0.15, 0.2) is 0 Å². The summed E-state index contributed by atoms with van der Waals surface area (Å²) in [6.07, 6.45) is 0. The fraction of sp³-hybridized carbons (Fsp3) is 0.